The fraction of sp³-hybridized carbons (Fsp3) is 0.400. The number of benzene rings is 2. The lowest BCUT2D eigenvalue weighted by atomic mass is 9.92. The Balaban J connectivity index is 1.53. The van der Waals surface area contributed by atoms with Gasteiger partial charge in [0.15, 0.2) is 0 Å². The van der Waals surface area contributed by atoms with Crippen molar-refractivity contribution in [2.75, 3.05) is 19.6 Å². The summed E-state index contributed by atoms with van der Waals surface area (Å²) in [6.07, 6.45) is 4.41. The van der Waals surface area contributed by atoms with Crippen molar-refractivity contribution in [1.29, 1.82) is 0 Å². The molecule has 2 heterocycles. The van der Waals surface area contributed by atoms with E-state index in [-0.39, 0.29) is 11.8 Å². The van der Waals surface area contributed by atoms with Gasteiger partial charge in [-0.25, -0.2) is 0 Å². The Hall–Kier alpha value is -2.20. The summed E-state index contributed by atoms with van der Waals surface area (Å²) in [5, 5.41) is 5.19. The third-order valence-electron chi connectivity index (χ3n) is 5.25. The number of carbonyl (C=O) groups is 2. The molecule has 1 saturated heterocycles. The lowest BCUT2D eigenvalue weighted by Gasteiger charge is -2.28. The molecule has 4 heteroatoms. The monoisotopic (exact) mass is 322 g/mol. The number of hydrogen-bond acceptors (Lipinski definition) is 3. The van der Waals surface area contributed by atoms with E-state index in [1.807, 2.05) is 36.4 Å². The third kappa shape index (κ3) is 2.61. The lowest BCUT2D eigenvalue weighted by molar-refractivity contribution is 0.0605. The minimum absolute atomic E-state index is 0.147. The van der Waals surface area contributed by atoms with Gasteiger partial charge in [-0.3, -0.25) is 14.5 Å². The summed E-state index contributed by atoms with van der Waals surface area (Å²) < 4.78 is 0. The Labute approximate surface area is 141 Å². The zero-order chi connectivity index (χ0) is 16.5. The number of rotatable bonds is 4. The largest absolute Gasteiger partial charge is 0.316 e. The SMILES string of the molecule is O=C1c2cccc3cccc(c23)C(=O)N1CCCC1CCCNC1. The second-order valence-corrected chi connectivity index (χ2v) is 6.83. The van der Waals surface area contributed by atoms with E-state index in [2.05, 4.69) is 5.32 Å². The van der Waals surface area contributed by atoms with Gasteiger partial charge in [0.25, 0.3) is 11.8 Å². The highest BCUT2D eigenvalue weighted by Crippen LogP contribution is 2.30. The van der Waals surface area contributed by atoms with Gasteiger partial charge in [-0.1, -0.05) is 24.3 Å². The molecule has 1 atom stereocenters. The minimum atomic E-state index is -0.147. The molecule has 0 radical (unpaired) electrons. The van der Waals surface area contributed by atoms with Crippen LogP contribution in [0.5, 0.6) is 0 Å². The molecule has 2 aliphatic heterocycles. The van der Waals surface area contributed by atoms with Crippen molar-refractivity contribution in [2.45, 2.75) is 25.7 Å². The second kappa shape index (κ2) is 6.36. The summed E-state index contributed by atoms with van der Waals surface area (Å²) in [6.45, 7) is 2.68. The van der Waals surface area contributed by atoms with Crippen molar-refractivity contribution in [1.82, 2.24) is 10.2 Å². The van der Waals surface area contributed by atoms with Gasteiger partial charge in [-0.05, 0) is 62.2 Å². The van der Waals surface area contributed by atoms with Crippen molar-refractivity contribution in [3.05, 3.63) is 47.5 Å². The molecule has 0 aromatic heterocycles. The Morgan fingerprint density at radius 3 is 2.38 bits per heavy atom. The number of imide groups is 1. The van der Waals surface area contributed by atoms with E-state index in [0.29, 0.717) is 23.6 Å². The van der Waals surface area contributed by atoms with Crippen LogP contribution in [-0.2, 0) is 0 Å². The maximum atomic E-state index is 12.8. The van der Waals surface area contributed by atoms with Crippen LogP contribution in [0.3, 0.4) is 0 Å². The summed E-state index contributed by atoms with van der Waals surface area (Å²) in [6, 6.07) is 11.3. The smallest absolute Gasteiger partial charge is 0.261 e. The van der Waals surface area contributed by atoms with Crippen LogP contribution in [-0.4, -0.2) is 36.3 Å². The highest BCUT2D eigenvalue weighted by Gasteiger charge is 2.32. The van der Waals surface area contributed by atoms with Gasteiger partial charge >= 0.3 is 0 Å². The van der Waals surface area contributed by atoms with Crippen molar-refractivity contribution in [3.8, 4) is 0 Å². The molecule has 0 saturated carbocycles. The van der Waals surface area contributed by atoms with E-state index < -0.39 is 0 Å². The molecule has 1 N–H and O–H groups in total. The molecule has 4 rings (SSSR count). The van der Waals surface area contributed by atoms with Crippen molar-refractivity contribution < 1.29 is 9.59 Å². The molecule has 1 fully saturated rings. The van der Waals surface area contributed by atoms with Crippen LogP contribution in [0.1, 0.15) is 46.4 Å². The topological polar surface area (TPSA) is 49.4 Å². The summed E-state index contributed by atoms with van der Waals surface area (Å²) in [4.78, 5) is 27.0. The Morgan fingerprint density at radius 2 is 1.75 bits per heavy atom. The molecule has 2 aromatic carbocycles. The summed E-state index contributed by atoms with van der Waals surface area (Å²) >= 11 is 0. The van der Waals surface area contributed by atoms with Crippen LogP contribution in [0, 0.1) is 5.92 Å². The van der Waals surface area contributed by atoms with Gasteiger partial charge in [-0.2, -0.15) is 0 Å². The first-order chi connectivity index (χ1) is 11.8. The Bertz CT molecular complexity index is 743. The number of nitrogens with zero attached hydrogens (tertiary/aromatic N) is 1. The second-order valence-electron chi connectivity index (χ2n) is 6.83. The molecule has 2 aliphatic rings. The molecule has 0 spiro atoms. The maximum Gasteiger partial charge on any atom is 0.261 e. The Morgan fingerprint density at radius 1 is 1.04 bits per heavy atom. The van der Waals surface area contributed by atoms with Crippen molar-refractivity contribution in [3.63, 3.8) is 0 Å². The highest BCUT2D eigenvalue weighted by atomic mass is 16.2. The predicted octanol–water partition coefficient (Wildman–Crippen LogP) is 3.22. The number of nitrogens with one attached hydrogen (secondary N) is 1. The molecule has 2 aromatic rings. The van der Waals surface area contributed by atoms with Gasteiger partial charge in [0.1, 0.15) is 0 Å². The average Bonchev–Trinajstić information content (AvgIpc) is 2.63. The summed E-state index contributed by atoms with van der Waals surface area (Å²) in [7, 11) is 0. The first-order valence-electron chi connectivity index (χ1n) is 8.84. The molecule has 4 nitrogen and oxygen atoms in total. The molecular weight excluding hydrogens is 300 g/mol. The highest BCUT2D eigenvalue weighted by molar-refractivity contribution is 6.25. The van der Waals surface area contributed by atoms with E-state index in [1.165, 1.54) is 17.7 Å². The van der Waals surface area contributed by atoms with Crippen LogP contribution >= 0.6 is 0 Å². The quantitative estimate of drug-likeness (QED) is 0.879. The van der Waals surface area contributed by atoms with Crippen LogP contribution < -0.4 is 5.32 Å². The zero-order valence-electron chi connectivity index (χ0n) is 13.8. The number of piperidine rings is 1. The number of hydrogen-bond donors (Lipinski definition) is 1. The first-order valence-corrected chi connectivity index (χ1v) is 8.84. The minimum Gasteiger partial charge on any atom is -0.316 e. The fourth-order valence-corrected chi connectivity index (χ4v) is 3.99. The van der Waals surface area contributed by atoms with Gasteiger partial charge in [-0.15, -0.1) is 0 Å². The normalized spacial score (nSPS) is 20.7. The first kappa shape index (κ1) is 15.3. The number of amides is 2. The molecule has 0 bridgehead atoms. The Kier molecular flexibility index (Phi) is 4.07. The van der Waals surface area contributed by atoms with E-state index in [4.69, 9.17) is 0 Å². The summed E-state index contributed by atoms with van der Waals surface area (Å²) in [5.41, 5.74) is 1.31. The third-order valence-corrected chi connectivity index (χ3v) is 5.25. The van der Waals surface area contributed by atoms with Crippen molar-refractivity contribution in [2.24, 2.45) is 5.92 Å². The molecule has 1 unspecified atom stereocenters. The maximum absolute atomic E-state index is 12.8. The molecule has 24 heavy (non-hydrogen) atoms. The van der Waals surface area contributed by atoms with Gasteiger partial charge in [0.05, 0.1) is 0 Å². The summed E-state index contributed by atoms with van der Waals surface area (Å²) in [5.74, 6) is 0.376. The van der Waals surface area contributed by atoms with E-state index in [1.54, 1.807) is 0 Å². The van der Waals surface area contributed by atoms with Crippen LogP contribution in [0.4, 0.5) is 0 Å². The molecule has 0 aliphatic carbocycles. The molecule has 2 amide bonds. The molecule has 124 valence electrons. The van der Waals surface area contributed by atoms with E-state index in [0.717, 1.165) is 36.7 Å². The standard InChI is InChI=1S/C20H22N2O2/c23-19-16-9-1-7-15-8-2-10-17(18(15)16)20(24)22(19)12-4-6-14-5-3-11-21-13-14/h1-2,7-10,14,21H,3-6,11-13H2. The molecular formula is C20H22N2O2. The predicted molar refractivity (Wildman–Crippen MR) is 94.1 cm³/mol. The van der Waals surface area contributed by atoms with Crippen LogP contribution in [0.25, 0.3) is 10.8 Å². The lowest BCUT2D eigenvalue weighted by Crippen LogP contribution is -2.41. The van der Waals surface area contributed by atoms with Crippen LogP contribution in [0.2, 0.25) is 0 Å². The van der Waals surface area contributed by atoms with Gasteiger partial charge in [0, 0.05) is 23.1 Å². The van der Waals surface area contributed by atoms with Crippen molar-refractivity contribution >= 4 is 22.6 Å². The number of carbonyl (C=O) groups excluding carboxylic acids is 2. The van der Waals surface area contributed by atoms with E-state index >= 15 is 0 Å². The van der Waals surface area contributed by atoms with Gasteiger partial charge in [0.2, 0.25) is 0 Å². The zero-order valence-corrected chi connectivity index (χ0v) is 13.8. The fourth-order valence-electron chi connectivity index (χ4n) is 3.99. The van der Waals surface area contributed by atoms with Gasteiger partial charge < -0.3 is 5.32 Å². The van der Waals surface area contributed by atoms with Crippen LogP contribution in [0.15, 0.2) is 36.4 Å². The van der Waals surface area contributed by atoms with E-state index in [9.17, 15) is 9.59 Å². The average molecular weight is 322 g/mol.